The van der Waals surface area contributed by atoms with E-state index in [9.17, 15) is 26.7 Å². The van der Waals surface area contributed by atoms with Crippen molar-refractivity contribution in [1.82, 2.24) is 0 Å². The van der Waals surface area contributed by atoms with Crippen molar-refractivity contribution < 1.29 is 26.7 Å². The van der Waals surface area contributed by atoms with Crippen molar-refractivity contribution in [2.24, 2.45) is 0 Å². The summed E-state index contributed by atoms with van der Waals surface area (Å²) in [6.07, 6.45) is -8.12. The summed E-state index contributed by atoms with van der Waals surface area (Å²) in [5, 5.41) is 1.51. The maximum Gasteiger partial charge on any atom is 0.418 e. The lowest BCUT2D eigenvalue weighted by Gasteiger charge is -2.13. The van der Waals surface area contributed by atoms with Gasteiger partial charge in [-0.3, -0.25) is 4.79 Å². The van der Waals surface area contributed by atoms with E-state index < -0.39 is 29.8 Å². The van der Waals surface area contributed by atoms with Crippen molar-refractivity contribution in [3.8, 4) is 0 Å². The van der Waals surface area contributed by atoms with Gasteiger partial charge in [-0.15, -0.1) is 0 Å². The van der Waals surface area contributed by atoms with Crippen LogP contribution in [0, 0.1) is 0 Å². The minimum absolute atomic E-state index is 0.125. The monoisotopic (exact) mass is 317 g/mol. The van der Waals surface area contributed by atoms with Gasteiger partial charge in [-0.05, 0) is 18.2 Å². The van der Waals surface area contributed by atoms with Gasteiger partial charge >= 0.3 is 12.6 Å². The Balaban J connectivity index is 3.12. The minimum Gasteiger partial charge on any atom is -0.321 e. The highest BCUT2D eigenvalue weighted by atomic mass is 79.9. The molecule has 0 aliphatic rings. The number of hydrogen-bond donors (Lipinski definition) is 1. The fourth-order valence-corrected chi connectivity index (χ4v) is 1.41. The van der Waals surface area contributed by atoms with Crippen molar-refractivity contribution in [3.05, 3.63) is 28.2 Å². The quantitative estimate of drug-likeness (QED) is 0.828. The van der Waals surface area contributed by atoms with E-state index in [0.717, 1.165) is 6.07 Å². The first-order valence-corrected chi connectivity index (χ1v) is 4.97. The van der Waals surface area contributed by atoms with Crippen molar-refractivity contribution >= 4 is 27.5 Å². The lowest BCUT2D eigenvalue weighted by atomic mass is 10.1. The number of halogens is 6. The second kappa shape index (κ2) is 4.99. The van der Waals surface area contributed by atoms with Gasteiger partial charge in [0.15, 0.2) is 0 Å². The van der Waals surface area contributed by atoms with Crippen LogP contribution in [0.15, 0.2) is 22.7 Å². The molecule has 0 saturated carbocycles. The number of benzene rings is 1. The van der Waals surface area contributed by atoms with Crippen molar-refractivity contribution in [2.45, 2.75) is 12.6 Å². The van der Waals surface area contributed by atoms with Gasteiger partial charge in [-0.25, -0.2) is 0 Å². The average molecular weight is 318 g/mol. The molecule has 1 N–H and O–H groups in total. The van der Waals surface area contributed by atoms with Crippen LogP contribution in [-0.2, 0) is 11.0 Å². The molecule has 1 aromatic rings. The van der Waals surface area contributed by atoms with Crippen LogP contribution in [-0.4, -0.2) is 12.3 Å². The highest BCUT2D eigenvalue weighted by molar-refractivity contribution is 9.10. The van der Waals surface area contributed by atoms with Crippen LogP contribution in [0.4, 0.5) is 27.6 Å². The summed E-state index contributed by atoms with van der Waals surface area (Å²) >= 11 is 2.82. The maximum absolute atomic E-state index is 12.5. The van der Waals surface area contributed by atoms with Crippen LogP contribution in [0.25, 0.3) is 0 Å². The molecule has 0 radical (unpaired) electrons. The van der Waals surface area contributed by atoms with Gasteiger partial charge in [0.05, 0.1) is 11.3 Å². The third-order valence-electron chi connectivity index (χ3n) is 1.74. The van der Waals surface area contributed by atoms with E-state index in [-0.39, 0.29) is 4.47 Å². The van der Waals surface area contributed by atoms with Gasteiger partial charge in [0.2, 0.25) is 0 Å². The first-order chi connectivity index (χ1) is 7.71. The summed E-state index contributed by atoms with van der Waals surface area (Å²) in [5.74, 6) is -1.78. The predicted octanol–water partition coefficient (Wildman–Crippen LogP) is 3.67. The van der Waals surface area contributed by atoms with Crippen molar-refractivity contribution in [3.63, 3.8) is 0 Å². The highest BCUT2D eigenvalue weighted by Crippen LogP contribution is 2.36. The number of anilines is 1. The summed E-state index contributed by atoms with van der Waals surface area (Å²) in [7, 11) is 0. The summed E-state index contributed by atoms with van der Waals surface area (Å²) < 4.78 is 61.5. The van der Waals surface area contributed by atoms with Gasteiger partial charge in [0.1, 0.15) is 0 Å². The normalized spacial score (nSPS) is 11.7. The van der Waals surface area contributed by atoms with Crippen molar-refractivity contribution in [1.29, 1.82) is 0 Å². The van der Waals surface area contributed by atoms with E-state index in [1.165, 1.54) is 11.4 Å². The Morgan fingerprint density at radius 1 is 1.29 bits per heavy atom. The van der Waals surface area contributed by atoms with Gasteiger partial charge in [-0.2, -0.15) is 22.0 Å². The van der Waals surface area contributed by atoms with Crippen LogP contribution >= 0.6 is 15.9 Å². The van der Waals surface area contributed by atoms with Gasteiger partial charge in [-0.1, -0.05) is 15.9 Å². The number of hydrogen-bond acceptors (Lipinski definition) is 1. The Morgan fingerprint density at radius 3 is 2.35 bits per heavy atom. The number of nitrogens with one attached hydrogen (secondary N) is 1. The standard InChI is InChI=1S/C9H5BrF5NO/c10-4-1-2-6(16-8(17)7(11)12)5(3-4)9(13,14)15/h1-3,7H,(H,16,17). The lowest BCUT2D eigenvalue weighted by molar-refractivity contribution is -0.137. The van der Waals surface area contributed by atoms with E-state index in [0.29, 0.717) is 6.07 Å². The van der Waals surface area contributed by atoms with E-state index in [2.05, 4.69) is 15.9 Å². The highest BCUT2D eigenvalue weighted by Gasteiger charge is 2.34. The van der Waals surface area contributed by atoms with Crippen molar-refractivity contribution in [2.75, 3.05) is 5.32 Å². The number of rotatable bonds is 2. The molecule has 0 spiro atoms. The van der Waals surface area contributed by atoms with E-state index >= 15 is 0 Å². The molecule has 2 nitrogen and oxygen atoms in total. The second-order valence-electron chi connectivity index (χ2n) is 2.98. The first-order valence-electron chi connectivity index (χ1n) is 4.17. The van der Waals surface area contributed by atoms with Crippen LogP contribution in [0.1, 0.15) is 5.56 Å². The van der Waals surface area contributed by atoms with Crippen LogP contribution in [0.2, 0.25) is 0 Å². The number of carbonyl (C=O) groups is 1. The molecular formula is C9H5BrF5NO. The molecule has 0 saturated heterocycles. The second-order valence-corrected chi connectivity index (χ2v) is 3.89. The smallest absolute Gasteiger partial charge is 0.321 e. The van der Waals surface area contributed by atoms with E-state index in [4.69, 9.17) is 0 Å². The largest absolute Gasteiger partial charge is 0.418 e. The first kappa shape index (κ1) is 13.9. The zero-order valence-corrected chi connectivity index (χ0v) is 9.57. The van der Waals surface area contributed by atoms with E-state index in [1.54, 1.807) is 0 Å². The average Bonchev–Trinajstić information content (AvgIpc) is 2.18. The number of carbonyl (C=O) groups excluding carboxylic acids is 1. The molecule has 1 rings (SSSR count). The molecule has 0 aliphatic heterocycles. The van der Waals surface area contributed by atoms with Gasteiger partial charge < -0.3 is 5.32 Å². The lowest BCUT2D eigenvalue weighted by Crippen LogP contribution is -2.22. The molecular weight excluding hydrogens is 313 g/mol. The molecule has 0 atom stereocenters. The fraction of sp³-hybridized carbons (Fsp3) is 0.222. The van der Waals surface area contributed by atoms with Gasteiger partial charge in [0, 0.05) is 4.47 Å². The molecule has 94 valence electrons. The molecule has 1 amide bonds. The van der Waals surface area contributed by atoms with E-state index in [1.807, 2.05) is 0 Å². The molecule has 0 aliphatic carbocycles. The zero-order chi connectivity index (χ0) is 13.2. The molecule has 0 aromatic heterocycles. The van der Waals surface area contributed by atoms with Crippen LogP contribution in [0.5, 0.6) is 0 Å². The Kier molecular flexibility index (Phi) is 4.07. The molecule has 0 fully saturated rings. The molecule has 0 unspecified atom stereocenters. The third-order valence-corrected chi connectivity index (χ3v) is 2.24. The third kappa shape index (κ3) is 3.65. The van der Waals surface area contributed by atoms with Gasteiger partial charge in [0.25, 0.3) is 5.91 Å². The SMILES string of the molecule is O=C(Nc1ccc(Br)cc1C(F)(F)F)C(F)F. The number of amides is 1. The summed E-state index contributed by atoms with van der Waals surface area (Å²) in [4.78, 5) is 10.6. The molecule has 8 heteroatoms. The maximum atomic E-state index is 12.5. The minimum atomic E-state index is -4.74. The molecule has 0 heterocycles. The zero-order valence-electron chi connectivity index (χ0n) is 7.99. The Labute approximate surface area is 101 Å². The van der Waals surface area contributed by atoms with Crippen LogP contribution < -0.4 is 5.32 Å². The molecule has 0 bridgehead atoms. The predicted molar refractivity (Wildman–Crippen MR) is 53.8 cm³/mol. The Hall–Kier alpha value is -1.18. The topological polar surface area (TPSA) is 29.1 Å². The molecule has 17 heavy (non-hydrogen) atoms. The molecule has 1 aromatic carbocycles. The Bertz CT molecular complexity index is 432. The number of alkyl halides is 5. The summed E-state index contributed by atoms with van der Waals surface area (Å²) in [6, 6.07) is 2.80. The fourth-order valence-electron chi connectivity index (χ4n) is 1.05. The van der Waals surface area contributed by atoms with Crippen LogP contribution in [0.3, 0.4) is 0 Å². The Morgan fingerprint density at radius 2 is 1.88 bits per heavy atom. The summed E-state index contributed by atoms with van der Waals surface area (Å²) in [6.45, 7) is 0. The summed E-state index contributed by atoms with van der Waals surface area (Å²) in [5.41, 5.74) is -1.90.